The molecule has 1 aliphatic heterocycles. The van der Waals surface area contributed by atoms with Crippen LogP contribution in [0.3, 0.4) is 0 Å². The lowest BCUT2D eigenvalue weighted by Gasteiger charge is -2.38. The standard InChI is InChI=1S/C23H23F2N5O5/c24-23(25)11-30(22(34)17(32)10-31)6-5-19(23)35-18-4-3-14(7-15(18)9-26)16-8-20(28-12-27-16)29-21(33)13-1-2-13/h3-4,7-8,12-13,17,19,31-32H,1-2,5-6,10-11H2,(H,27,28,29,33). The Kier molecular flexibility index (Phi) is 6.90. The molecule has 2 heterocycles. The van der Waals surface area contributed by atoms with Crippen LogP contribution in [0.25, 0.3) is 11.3 Å². The van der Waals surface area contributed by atoms with Crippen molar-refractivity contribution in [3.05, 3.63) is 36.2 Å². The van der Waals surface area contributed by atoms with Gasteiger partial charge in [0.15, 0.2) is 12.2 Å². The molecule has 2 unspecified atom stereocenters. The summed E-state index contributed by atoms with van der Waals surface area (Å²) in [5.74, 6) is -4.28. The molecule has 184 valence electrons. The fraction of sp³-hybridized carbons (Fsp3) is 0.435. The van der Waals surface area contributed by atoms with Crippen LogP contribution in [0.15, 0.2) is 30.6 Å². The summed E-state index contributed by atoms with van der Waals surface area (Å²) in [5.41, 5.74) is 0.937. The van der Waals surface area contributed by atoms with Crippen molar-refractivity contribution in [1.29, 1.82) is 5.26 Å². The van der Waals surface area contributed by atoms with E-state index in [1.807, 2.05) is 6.07 Å². The molecule has 35 heavy (non-hydrogen) atoms. The second-order valence-corrected chi connectivity index (χ2v) is 8.49. The van der Waals surface area contributed by atoms with Gasteiger partial charge in [-0.3, -0.25) is 9.59 Å². The summed E-state index contributed by atoms with van der Waals surface area (Å²) in [6.45, 7) is -1.95. The number of hydrogen-bond donors (Lipinski definition) is 3. The number of carbonyl (C=O) groups excluding carboxylic acids is 2. The highest BCUT2D eigenvalue weighted by molar-refractivity contribution is 5.93. The van der Waals surface area contributed by atoms with Gasteiger partial charge in [0, 0.05) is 30.5 Å². The Balaban J connectivity index is 1.48. The van der Waals surface area contributed by atoms with Gasteiger partial charge in [-0.25, -0.2) is 18.7 Å². The van der Waals surface area contributed by atoms with Crippen LogP contribution in [0.4, 0.5) is 14.6 Å². The Hall–Kier alpha value is -3.69. The van der Waals surface area contributed by atoms with Gasteiger partial charge in [0.1, 0.15) is 24.0 Å². The van der Waals surface area contributed by atoms with Crippen molar-refractivity contribution in [2.75, 3.05) is 25.0 Å². The lowest BCUT2D eigenvalue weighted by atomic mass is 10.0. The third kappa shape index (κ3) is 5.52. The number of nitriles is 1. The van der Waals surface area contributed by atoms with Gasteiger partial charge in [-0.05, 0) is 31.0 Å². The van der Waals surface area contributed by atoms with Gasteiger partial charge in [-0.2, -0.15) is 5.26 Å². The quantitative estimate of drug-likeness (QED) is 0.530. The van der Waals surface area contributed by atoms with Gasteiger partial charge in [0.2, 0.25) is 5.91 Å². The minimum atomic E-state index is -3.45. The molecular weight excluding hydrogens is 464 g/mol. The summed E-state index contributed by atoms with van der Waals surface area (Å²) >= 11 is 0. The molecule has 4 rings (SSSR count). The maximum absolute atomic E-state index is 14.7. The summed E-state index contributed by atoms with van der Waals surface area (Å²) in [7, 11) is 0. The topological polar surface area (TPSA) is 149 Å². The fourth-order valence-electron chi connectivity index (χ4n) is 3.73. The van der Waals surface area contributed by atoms with Crippen molar-refractivity contribution in [2.24, 2.45) is 5.92 Å². The van der Waals surface area contributed by atoms with E-state index in [0.29, 0.717) is 17.1 Å². The number of ether oxygens (including phenoxy) is 1. The summed E-state index contributed by atoms with van der Waals surface area (Å²) in [4.78, 5) is 32.9. The summed E-state index contributed by atoms with van der Waals surface area (Å²) in [6.07, 6.45) is -0.632. The molecule has 2 amide bonds. The number of anilines is 1. The minimum absolute atomic E-state index is 0.00194. The summed E-state index contributed by atoms with van der Waals surface area (Å²) < 4.78 is 34.9. The molecule has 1 aliphatic carbocycles. The van der Waals surface area contributed by atoms with E-state index in [0.717, 1.165) is 17.7 Å². The highest BCUT2D eigenvalue weighted by Gasteiger charge is 2.48. The number of rotatable bonds is 7. The van der Waals surface area contributed by atoms with Crippen molar-refractivity contribution < 1.29 is 33.3 Å². The van der Waals surface area contributed by atoms with E-state index in [9.17, 15) is 28.7 Å². The first kappa shape index (κ1) is 24.4. The fourth-order valence-corrected chi connectivity index (χ4v) is 3.73. The molecule has 10 nitrogen and oxygen atoms in total. The van der Waals surface area contributed by atoms with Crippen LogP contribution in [0, 0.1) is 17.2 Å². The van der Waals surface area contributed by atoms with Crippen molar-refractivity contribution in [3.8, 4) is 23.1 Å². The van der Waals surface area contributed by atoms with Crippen LogP contribution in [-0.2, 0) is 9.59 Å². The van der Waals surface area contributed by atoms with E-state index in [4.69, 9.17) is 9.84 Å². The zero-order chi connectivity index (χ0) is 25.2. The van der Waals surface area contributed by atoms with Crippen molar-refractivity contribution >= 4 is 17.6 Å². The Bertz CT molecular complexity index is 1170. The molecule has 2 aromatic rings. The number of amides is 2. The van der Waals surface area contributed by atoms with Crippen LogP contribution < -0.4 is 10.1 Å². The normalized spacial score (nSPS) is 20.0. The first-order valence-electron chi connectivity index (χ1n) is 11.0. The second-order valence-electron chi connectivity index (χ2n) is 8.49. The highest BCUT2D eigenvalue weighted by atomic mass is 19.3. The number of alkyl halides is 2. The number of hydrogen-bond acceptors (Lipinski definition) is 8. The molecule has 2 atom stereocenters. The second kappa shape index (κ2) is 9.89. The van der Waals surface area contributed by atoms with E-state index in [2.05, 4.69) is 15.3 Å². The summed E-state index contributed by atoms with van der Waals surface area (Å²) in [6, 6.07) is 7.88. The van der Waals surface area contributed by atoms with E-state index in [1.165, 1.54) is 18.5 Å². The van der Waals surface area contributed by atoms with Gasteiger partial charge < -0.3 is 25.2 Å². The van der Waals surface area contributed by atoms with Gasteiger partial charge in [-0.15, -0.1) is 0 Å². The first-order valence-corrected chi connectivity index (χ1v) is 11.0. The van der Waals surface area contributed by atoms with Crippen molar-refractivity contribution in [3.63, 3.8) is 0 Å². The molecule has 1 aromatic heterocycles. The van der Waals surface area contributed by atoms with Gasteiger partial charge in [0.25, 0.3) is 5.91 Å². The van der Waals surface area contributed by atoms with Crippen molar-refractivity contribution in [1.82, 2.24) is 14.9 Å². The predicted molar refractivity (Wildman–Crippen MR) is 117 cm³/mol. The Morgan fingerprint density at radius 1 is 1.29 bits per heavy atom. The van der Waals surface area contributed by atoms with E-state index in [1.54, 1.807) is 12.1 Å². The van der Waals surface area contributed by atoms with E-state index >= 15 is 0 Å². The molecule has 0 spiro atoms. The van der Waals surface area contributed by atoms with Crippen LogP contribution in [0.1, 0.15) is 24.8 Å². The monoisotopic (exact) mass is 487 g/mol. The van der Waals surface area contributed by atoms with Crippen LogP contribution >= 0.6 is 0 Å². The largest absolute Gasteiger partial charge is 0.483 e. The molecule has 0 radical (unpaired) electrons. The number of aliphatic hydroxyl groups is 2. The number of likely N-dealkylation sites (tertiary alicyclic amines) is 1. The number of piperidine rings is 1. The number of aromatic nitrogens is 2. The SMILES string of the molecule is N#Cc1cc(-c2cc(NC(=O)C3CC3)ncn2)ccc1OC1CCN(C(=O)C(O)CO)CC1(F)F. The van der Waals surface area contributed by atoms with Crippen LogP contribution in [0.5, 0.6) is 5.75 Å². The predicted octanol–water partition coefficient (Wildman–Crippen LogP) is 1.33. The molecule has 1 saturated heterocycles. The van der Waals surface area contributed by atoms with Gasteiger partial charge in [-0.1, -0.05) is 0 Å². The molecular formula is C23H23F2N5O5. The Morgan fingerprint density at radius 2 is 2.06 bits per heavy atom. The molecule has 3 N–H and O–H groups in total. The first-order chi connectivity index (χ1) is 16.7. The number of benzene rings is 1. The number of aliphatic hydroxyl groups excluding tert-OH is 2. The van der Waals surface area contributed by atoms with Crippen LogP contribution in [0.2, 0.25) is 0 Å². The average Bonchev–Trinajstić information content (AvgIpc) is 3.70. The smallest absolute Gasteiger partial charge is 0.301 e. The average molecular weight is 487 g/mol. The zero-order valence-corrected chi connectivity index (χ0v) is 18.5. The molecule has 0 bridgehead atoms. The number of halogens is 2. The minimum Gasteiger partial charge on any atom is -0.483 e. The number of carbonyl (C=O) groups is 2. The maximum atomic E-state index is 14.7. The lowest BCUT2D eigenvalue weighted by molar-refractivity contribution is -0.167. The molecule has 2 aliphatic rings. The van der Waals surface area contributed by atoms with E-state index < -0.39 is 37.2 Å². The van der Waals surface area contributed by atoms with Gasteiger partial charge >= 0.3 is 5.92 Å². The third-order valence-corrected chi connectivity index (χ3v) is 5.84. The Morgan fingerprint density at radius 3 is 2.71 bits per heavy atom. The third-order valence-electron chi connectivity index (χ3n) is 5.84. The number of nitrogens with zero attached hydrogens (tertiary/aromatic N) is 4. The van der Waals surface area contributed by atoms with E-state index in [-0.39, 0.29) is 36.1 Å². The van der Waals surface area contributed by atoms with Crippen molar-refractivity contribution in [2.45, 2.75) is 37.4 Å². The Labute approximate surface area is 199 Å². The highest BCUT2D eigenvalue weighted by Crippen LogP contribution is 2.34. The van der Waals surface area contributed by atoms with Crippen LogP contribution in [-0.4, -0.2) is 74.7 Å². The molecule has 12 heteroatoms. The summed E-state index contributed by atoms with van der Waals surface area (Å²) in [5, 5.41) is 30.6. The lowest BCUT2D eigenvalue weighted by Crippen LogP contribution is -2.57. The maximum Gasteiger partial charge on any atom is 0.301 e. The number of nitrogens with one attached hydrogen (secondary N) is 1. The van der Waals surface area contributed by atoms with Gasteiger partial charge in [0.05, 0.1) is 24.4 Å². The molecule has 1 saturated carbocycles. The molecule has 2 fully saturated rings. The zero-order valence-electron chi connectivity index (χ0n) is 18.5. The molecule has 1 aromatic carbocycles.